The molecule has 102 valence electrons. The molecule has 2 aliphatic rings. The minimum atomic E-state index is 0.269. The van der Waals surface area contributed by atoms with Gasteiger partial charge in [-0.2, -0.15) is 0 Å². The number of benzene rings is 1. The molecule has 4 heteroatoms. The molecule has 19 heavy (non-hydrogen) atoms. The number of nitrogens with zero attached hydrogens (tertiary/aromatic N) is 2. The molecule has 0 saturated heterocycles. The predicted molar refractivity (Wildman–Crippen MR) is 75.4 cm³/mol. The number of nitrogens with two attached hydrogens (primary N) is 1. The predicted octanol–water partition coefficient (Wildman–Crippen LogP) is 1.60. The van der Waals surface area contributed by atoms with Crippen molar-refractivity contribution in [2.24, 2.45) is 0 Å². The van der Waals surface area contributed by atoms with E-state index in [0.717, 1.165) is 25.3 Å². The Kier molecular flexibility index (Phi) is 3.19. The number of fused-ring (bicyclic) bond motifs is 1. The number of carbonyl (C=O) groups excluding carboxylic acids is 1. The lowest BCUT2D eigenvalue weighted by atomic mass is 10.1. The number of hydrogen-bond donors (Lipinski definition) is 1. The zero-order chi connectivity index (χ0) is 13.4. The number of carbonyl (C=O) groups is 1. The third kappa shape index (κ3) is 2.59. The molecule has 1 aliphatic carbocycles. The molecular weight excluding hydrogens is 238 g/mol. The lowest BCUT2D eigenvalue weighted by Gasteiger charge is -2.23. The maximum Gasteiger partial charge on any atom is 0.237 e. The third-order valence-corrected chi connectivity index (χ3v) is 4.03. The van der Waals surface area contributed by atoms with E-state index in [1.54, 1.807) is 0 Å². The fourth-order valence-corrected chi connectivity index (χ4v) is 2.90. The van der Waals surface area contributed by atoms with Crippen molar-refractivity contribution in [1.29, 1.82) is 0 Å². The van der Waals surface area contributed by atoms with Gasteiger partial charge in [0.1, 0.15) is 0 Å². The third-order valence-electron chi connectivity index (χ3n) is 4.03. The summed E-state index contributed by atoms with van der Waals surface area (Å²) >= 11 is 0. The summed E-state index contributed by atoms with van der Waals surface area (Å²) in [5, 5.41) is 0. The Morgan fingerprint density at radius 3 is 2.79 bits per heavy atom. The van der Waals surface area contributed by atoms with Gasteiger partial charge in [-0.1, -0.05) is 6.07 Å². The maximum atomic E-state index is 12.3. The number of rotatable bonds is 4. The molecule has 0 spiro atoms. The average Bonchev–Trinajstić information content (AvgIpc) is 3.11. The van der Waals surface area contributed by atoms with Crippen LogP contribution in [0.25, 0.3) is 0 Å². The molecular formula is C15H21N3O. The van der Waals surface area contributed by atoms with Crippen molar-refractivity contribution in [2.45, 2.75) is 38.9 Å². The van der Waals surface area contributed by atoms with Crippen molar-refractivity contribution in [3.8, 4) is 0 Å². The largest absolute Gasteiger partial charge is 0.399 e. The Bertz CT molecular complexity index is 496. The highest BCUT2D eigenvalue weighted by atomic mass is 16.2. The van der Waals surface area contributed by atoms with Crippen LogP contribution in [0.15, 0.2) is 18.2 Å². The summed E-state index contributed by atoms with van der Waals surface area (Å²) in [5.41, 5.74) is 9.18. The van der Waals surface area contributed by atoms with Crippen molar-refractivity contribution in [3.05, 3.63) is 29.3 Å². The Morgan fingerprint density at radius 1 is 1.37 bits per heavy atom. The molecule has 1 heterocycles. The van der Waals surface area contributed by atoms with Crippen molar-refractivity contribution >= 4 is 11.6 Å². The number of likely N-dealkylation sites (N-methyl/N-ethyl adjacent to an activating group) is 1. The van der Waals surface area contributed by atoms with Gasteiger partial charge in [-0.05, 0) is 43.0 Å². The molecule has 1 aromatic rings. The Morgan fingerprint density at radius 2 is 2.11 bits per heavy atom. The molecule has 1 fully saturated rings. The van der Waals surface area contributed by atoms with Gasteiger partial charge < -0.3 is 10.6 Å². The Hall–Kier alpha value is -1.55. The first-order valence-corrected chi connectivity index (χ1v) is 7.06. The Labute approximate surface area is 114 Å². The molecule has 3 rings (SSSR count). The molecule has 0 atom stereocenters. The fraction of sp³-hybridized carbons (Fsp3) is 0.533. The fourth-order valence-electron chi connectivity index (χ4n) is 2.90. The van der Waals surface area contributed by atoms with Gasteiger partial charge in [0.15, 0.2) is 0 Å². The summed E-state index contributed by atoms with van der Waals surface area (Å²) in [6, 6.07) is 6.55. The highest BCUT2D eigenvalue weighted by Gasteiger charge is 2.32. The average molecular weight is 259 g/mol. The smallest absolute Gasteiger partial charge is 0.237 e. The molecule has 1 aromatic carbocycles. The first-order chi connectivity index (χ1) is 9.17. The van der Waals surface area contributed by atoms with Gasteiger partial charge in [0.25, 0.3) is 0 Å². The monoisotopic (exact) mass is 259 g/mol. The van der Waals surface area contributed by atoms with E-state index in [9.17, 15) is 4.79 Å². The van der Waals surface area contributed by atoms with E-state index in [0.29, 0.717) is 12.6 Å². The van der Waals surface area contributed by atoms with E-state index in [4.69, 9.17) is 5.73 Å². The van der Waals surface area contributed by atoms with Crippen LogP contribution in [-0.2, 0) is 17.9 Å². The van der Waals surface area contributed by atoms with Crippen LogP contribution in [-0.4, -0.2) is 34.8 Å². The minimum absolute atomic E-state index is 0.269. The van der Waals surface area contributed by atoms with Crippen LogP contribution in [0.5, 0.6) is 0 Å². The topological polar surface area (TPSA) is 49.6 Å². The van der Waals surface area contributed by atoms with E-state index < -0.39 is 0 Å². The van der Waals surface area contributed by atoms with Gasteiger partial charge in [-0.25, -0.2) is 0 Å². The van der Waals surface area contributed by atoms with Crippen LogP contribution in [0.1, 0.15) is 30.9 Å². The first kappa shape index (κ1) is 12.5. The highest BCUT2D eigenvalue weighted by molar-refractivity contribution is 5.79. The highest BCUT2D eigenvalue weighted by Crippen LogP contribution is 2.28. The summed E-state index contributed by atoms with van der Waals surface area (Å²) in [5.74, 6) is 0.269. The summed E-state index contributed by atoms with van der Waals surface area (Å²) in [4.78, 5) is 16.5. The normalized spacial score (nSPS) is 18.4. The van der Waals surface area contributed by atoms with Crippen LogP contribution in [0, 0.1) is 0 Å². The van der Waals surface area contributed by atoms with Crippen molar-refractivity contribution in [2.75, 3.05) is 18.8 Å². The lowest BCUT2D eigenvalue weighted by Crippen LogP contribution is -2.39. The minimum Gasteiger partial charge on any atom is -0.399 e. The zero-order valence-corrected chi connectivity index (χ0v) is 11.4. The second kappa shape index (κ2) is 4.85. The van der Waals surface area contributed by atoms with Crippen molar-refractivity contribution < 1.29 is 4.79 Å². The number of hydrogen-bond acceptors (Lipinski definition) is 3. The van der Waals surface area contributed by atoms with Gasteiger partial charge in [-0.3, -0.25) is 9.69 Å². The first-order valence-electron chi connectivity index (χ1n) is 7.06. The summed E-state index contributed by atoms with van der Waals surface area (Å²) in [6.07, 6.45) is 2.35. The summed E-state index contributed by atoms with van der Waals surface area (Å²) in [6.45, 7) is 5.13. The van der Waals surface area contributed by atoms with Gasteiger partial charge in [0.2, 0.25) is 5.91 Å². The molecule has 2 N–H and O–H groups in total. The SMILES string of the molecule is CCN(C(=O)CN1Cc2ccc(N)cc2C1)C1CC1. The van der Waals surface area contributed by atoms with Crippen LogP contribution >= 0.6 is 0 Å². The number of anilines is 1. The van der Waals surface area contributed by atoms with E-state index in [1.807, 2.05) is 17.0 Å². The van der Waals surface area contributed by atoms with E-state index in [2.05, 4.69) is 17.9 Å². The zero-order valence-electron chi connectivity index (χ0n) is 11.4. The van der Waals surface area contributed by atoms with E-state index in [-0.39, 0.29) is 5.91 Å². The summed E-state index contributed by atoms with van der Waals surface area (Å²) in [7, 11) is 0. The lowest BCUT2D eigenvalue weighted by molar-refractivity contribution is -0.132. The van der Waals surface area contributed by atoms with E-state index in [1.165, 1.54) is 24.0 Å². The second-order valence-electron chi connectivity index (χ2n) is 5.58. The van der Waals surface area contributed by atoms with Gasteiger partial charge in [0.05, 0.1) is 6.54 Å². The Balaban J connectivity index is 1.62. The molecule has 4 nitrogen and oxygen atoms in total. The van der Waals surface area contributed by atoms with Crippen molar-refractivity contribution in [3.63, 3.8) is 0 Å². The molecule has 0 radical (unpaired) electrons. The molecule has 1 saturated carbocycles. The van der Waals surface area contributed by atoms with E-state index >= 15 is 0 Å². The molecule has 1 aliphatic heterocycles. The molecule has 0 bridgehead atoms. The van der Waals surface area contributed by atoms with Gasteiger partial charge >= 0.3 is 0 Å². The van der Waals surface area contributed by atoms with Crippen LogP contribution in [0.2, 0.25) is 0 Å². The quantitative estimate of drug-likeness (QED) is 0.836. The number of nitrogen functional groups attached to an aromatic ring is 1. The van der Waals surface area contributed by atoms with Crippen LogP contribution in [0.4, 0.5) is 5.69 Å². The number of amides is 1. The van der Waals surface area contributed by atoms with Crippen LogP contribution in [0.3, 0.4) is 0 Å². The van der Waals surface area contributed by atoms with Crippen LogP contribution < -0.4 is 5.73 Å². The standard InChI is InChI=1S/C15H21N3O/c1-2-18(14-5-6-14)15(19)10-17-8-11-3-4-13(16)7-12(11)9-17/h3-4,7,14H,2,5-6,8-10,16H2,1H3. The van der Waals surface area contributed by atoms with Gasteiger partial charge in [0, 0.05) is 31.4 Å². The van der Waals surface area contributed by atoms with Crippen molar-refractivity contribution in [1.82, 2.24) is 9.80 Å². The molecule has 0 aromatic heterocycles. The van der Waals surface area contributed by atoms with Gasteiger partial charge in [-0.15, -0.1) is 0 Å². The second-order valence-corrected chi connectivity index (χ2v) is 5.58. The maximum absolute atomic E-state index is 12.3. The molecule has 0 unspecified atom stereocenters. The molecule has 1 amide bonds. The summed E-state index contributed by atoms with van der Waals surface area (Å²) < 4.78 is 0.